The average molecular weight is 319 g/mol. The number of primary amides is 1. The third-order valence-corrected chi connectivity index (χ3v) is 3.96. The van der Waals surface area contributed by atoms with Crippen LogP contribution in [0.25, 0.3) is 0 Å². The van der Waals surface area contributed by atoms with Crippen LogP contribution < -0.4 is 15.8 Å². The van der Waals surface area contributed by atoms with Crippen molar-refractivity contribution in [3.8, 4) is 5.75 Å². The van der Waals surface area contributed by atoms with Crippen LogP contribution in [0, 0.1) is 0 Å². The highest BCUT2D eigenvalue weighted by molar-refractivity contribution is 5.97. The van der Waals surface area contributed by atoms with Crippen molar-refractivity contribution in [3.63, 3.8) is 0 Å². The molecule has 0 spiro atoms. The van der Waals surface area contributed by atoms with E-state index in [-0.39, 0.29) is 18.6 Å². The number of likely N-dealkylation sites (tertiary alicyclic amines) is 1. The molecule has 0 aliphatic carbocycles. The molecular formula is C17H25N3O3. The highest BCUT2D eigenvalue weighted by Gasteiger charge is 2.22. The molecule has 1 aliphatic heterocycles. The second-order valence-corrected chi connectivity index (χ2v) is 5.84. The van der Waals surface area contributed by atoms with Crippen molar-refractivity contribution >= 4 is 11.8 Å². The quantitative estimate of drug-likeness (QED) is 0.790. The van der Waals surface area contributed by atoms with Gasteiger partial charge >= 0.3 is 0 Å². The van der Waals surface area contributed by atoms with Gasteiger partial charge in [0.2, 0.25) is 0 Å². The Hall–Kier alpha value is -2.08. The van der Waals surface area contributed by atoms with Crippen molar-refractivity contribution < 1.29 is 14.3 Å². The van der Waals surface area contributed by atoms with Crippen molar-refractivity contribution in [3.05, 3.63) is 29.8 Å². The predicted octanol–water partition coefficient (Wildman–Crippen LogP) is 1.15. The summed E-state index contributed by atoms with van der Waals surface area (Å²) in [6, 6.07) is 7.08. The Labute approximate surface area is 137 Å². The van der Waals surface area contributed by atoms with Crippen LogP contribution in [0.2, 0.25) is 0 Å². The highest BCUT2D eigenvalue weighted by atomic mass is 16.5. The van der Waals surface area contributed by atoms with Crippen LogP contribution in [-0.4, -0.2) is 49.0 Å². The Balaban J connectivity index is 1.92. The molecule has 0 saturated carbocycles. The molecule has 0 bridgehead atoms. The number of ether oxygens (including phenoxy) is 1. The second kappa shape index (κ2) is 8.53. The fourth-order valence-corrected chi connectivity index (χ4v) is 2.81. The summed E-state index contributed by atoms with van der Waals surface area (Å²) in [6.07, 6.45) is 3.06. The zero-order chi connectivity index (χ0) is 16.7. The number of amides is 2. The van der Waals surface area contributed by atoms with E-state index in [1.54, 1.807) is 24.3 Å². The largest absolute Gasteiger partial charge is 0.483 e. The van der Waals surface area contributed by atoms with E-state index in [0.29, 0.717) is 11.3 Å². The van der Waals surface area contributed by atoms with Crippen LogP contribution in [0.5, 0.6) is 5.75 Å². The maximum atomic E-state index is 12.5. The van der Waals surface area contributed by atoms with Crippen LogP contribution in [0.4, 0.5) is 0 Å². The molecule has 1 aromatic rings. The summed E-state index contributed by atoms with van der Waals surface area (Å²) in [5.74, 6) is -0.352. The Morgan fingerprint density at radius 3 is 2.65 bits per heavy atom. The number of nitrogens with one attached hydrogen (secondary N) is 1. The monoisotopic (exact) mass is 319 g/mol. The molecule has 1 fully saturated rings. The van der Waals surface area contributed by atoms with Gasteiger partial charge in [-0.05, 0) is 37.9 Å². The van der Waals surface area contributed by atoms with Gasteiger partial charge in [-0.2, -0.15) is 0 Å². The van der Waals surface area contributed by atoms with Crippen molar-refractivity contribution in [1.29, 1.82) is 0 Å². The van der Waals surface area contributed by atoms with Gasteiger partial charge in [0.05, 0.1) is 5.56 Å². The Bertz CT molecular complexity index is 540. The lowest BCUT2D eigenvalue weighted by Gasteiger charge is -2.32. The predicted molar refractivity (Wildman–Crippen MR) is 88.4 cm³/mol. The molecule has 2 rings (SSSR count). The number of hydrogen-bond acceptors (Lipinski definition) is 4. The van der Waals surface area contributed by atoms with Gasteiger partial charge in [-0.25, -0.2) is 0 Å². The third-order valence-electron chi connectivity index (χ3n) is 3.96. The molecular weight excluding hydrogens is 294 g/mol. The zero-order valence-electron chi connectivity index (χ0n) is 13.6. The van der Waals surface area contributed by atoms with Gasteiger partial charge in [0, 0.05) is 19.1 Å². The first-order valence-corrected chi connectivity index (χ1v) is 8.13. The van der Waals surface area contributed by atoms with Gasteiger partial charge in [-0.1, -0.05) is 19.1 Å². The molecule has 0 atom stereocenters. The molecule has 1 heterocycles. The summed E-state index contributed by atoms with van der Waals surface area (Å²) in [5.41, 5.74) is 5.52. The number of carbonyl (C=O) groups excluding carboxylic acids is 2. The van der Waals surface area contributed by atoms with E-state index >= 15 is 0 Å². The maximum absolute atomic E-state index is 12.5. The van der Waals surface area contributed by atoms with E-state index in [4.69, 9.17) is 10.5 Å². The van der Waals surface area contributed by atoms with E-state index < -0.39 is 5.91 Å². The molecule has 126 valence electrons. The molecule has 1 saturated heterocycles. The lowest BCUT2D eigenvalue weighted by atomic mass is 10.0. The standard InChI is InChI=1S/C17H25N3O3/c1-2-9-20-10-7-13(8-11-20)19-17(22)14-5-3-4-6-15(14)23-12-16(18)21/h3-6,13H,2,7-12H2,1H3,(H2,18,21)(H,19,22). The first-order valence-electron chi connectivity index (χ1n) is 8.13. The molecule has 1 aliphatic rings. The maximum Gasteiger partial charge on any atom is 0.255 e. The number of benzene rings is 1. The number of nitrogens with two attached hydrogens (primary N) is 1. The summed E-state index contributed by atoms with van der Waals surface area (Å²) < 4.78 is 5.31. The summed E-state index contributed by atoms with van der Waals surface area (Å²) in [4.78, 5) is 25.7. The van der Waals surface area contributed by atoms with Crippen LogP contribution in [0.3, 0.4) is 0 Å². The smallest absolute Gasteiger partial charge is 0.255 e. The molecule has 6 heteroatoms. The number of nitrogens with zero attached hydrogens (tertiary/aromatic N) is 1. The van der Waals surface area contributed by atoms with Crippen molar-refractivity contribution in [2.24, 2.45) is 5.73 Å². The normalized spacial score (nSPS) is 16.0. The second-order valence-electron chi connectivity index (χ2n) is 5.84. The van der Waals surface area contributed by atoms with Crippen LogP contribution >= 0.6 is 0 Å². The molecule has 3 N–H and O–H groups in total. The average Bonchev–Trinajstić information content (AvgIpc) is 2.55. The molecule has 0 aromatic heterocycles. The lowest BCUT2D eigenvalue weighted by Crippen LogP contribution is -2.44. The van der Waals surface area contributed by atoms with Crippen LogP contribution in [-0.2, 0) is 4.79 Å². The molecule has 6 nitrogen and oxygen atoms in total. The fourth-order valence-electron chi connectivity index (χ4n) is 2.81. The molecule has 0 radical (unpaired) electrons. The summed E-state index contributed by atoms with van der Waals surface area (Å²) in [7, 11) is 0. The minimum Gasteiger partial charge on any atom is -0.483 e. The van der Waals surface area contributed by atoms with E-state index in [0.717, 1.165) is 38.9 Å². The Kier molecular flexibility index (Phi) is 6.40. The lowest BCUT2D eigenvalue weighted by molar-refractivity contribution is -0.119. The van der Waals surface area contributed by atoms with E-state index in [2.05, 4.69) is 17.1 Å². The number of piperidine rings is 1. The van der Waals surface area contributed by atoms with Crippen molar-refractivity contribution in [1.82, 2.24) is 10.2 Å². The summed E-state index contributed by atoms with van der Waals surface area (Å²) in [5, 5.41) is 3.06. The van der Waals surface area contributed by atoms with Crippen LogP contribution in [0.1, 0.15) is 36.5 Å². The number of carbonyl (C=O) groups is 2. The molecule has 23 heavy (non-hydrogen) atoms. The van der Waals surface area contributed by atoms with E-state index in [9.17, 15) is 9.59 Å². The van der Waals surface area contributed by atoms with Crippen molar-refractivity contribution in [2.75, 3.05) is 26.2 Å². The van der Waals surface area contributed by atoms with Crippen molar-refractivity contribution in [2.45, 2.75) is 32.2 Å². The first kappa shape index (κ1) is 17.3. The number of hydrogen-bond donors (Lipinski definition) is 2. The number of rotatable bonds is 7. The van der Waals surface area contributed by atoms with Gasteiger partial charge in [-0.3, -0.25) is 9.59 Å². The third kappa shape index (κ3) is 5.25. The molecule has 2 amide bonds. The van der Waals surface area contributed by atoms with Gasteiger partial charge in [-0.15, -0.1) is 0 Å². The number of para-hydroxylation sites is 1. The molecule has 0 unspecified atom stereocenters. The summed E-state index contributed by atoms with van der Waals surface area (Å²) in [6.45, 7) is 5.08. The Morgan fingerprint density at radius 1 is 1.30 bits per heavy atom. The fraction of sp³-hybridized carbons (Fsp3) is 0.529. The SMILES string of the molecule is CCCN1CCC(NC(=O)c2ccccc2OCC(N)=O)CC1. The topological polar surface area (TPSA) is 84.7 Å². The molecule has 1 aromatic carbocycles. The minimum absolute atomic E-state index is 0.168. The van der Waals surface area contributed by atoms with E-state index in [1.165, 1.54) is 0 Å². The zero-order valence-corrected chi connectivity index (χ0v) is 13.6. The van der Waals surface area contributed by atoms with Gasteiger partial charge < -0.3 is 20.7 Å². The van der Waals surface area contributed by atoms with E-state index in [1.807, 2.05) is 0 Å². The van der Waals surface area contributed by atoms with Crippen LogP contribution in [0.15, 0.2) is 24.3 Å². The summed E-state index contributed by atoms with van der Waals surface area (Å²) >= 11 is 0. The minimum atomic E-state index is -0.566. The van der Waals surface area contributed by atoms with Gasteiger partial charge in [0.1, 0.15) is 5.75 Å². The van der Waals surface area contributed by atoms with Gasteiger partial charge in [0.25, 0.3) is 11.8 Å². The Morgan fingerprint density at radius 2 is 2.00 bits per heavy atom. The van der Waals surface area contributed by atoms with Gasteiger partial charge in [0.15, 0.2) is 6.61 Å². The first-order chi connectivity index (χ1) is 11.1. The highest BCUT2D eigenvalue weighted by Crippen LogP contribution is 2.19.